The van der Waals surface area contributed by atoms with Crippen LogP contribution in [0.15, 0.2) is 29.6 Å². The zero-order valence-corrected chi connectivity index (χ0v) is 12.5. The van der Waals surface area contributed by atoms with Crippen molar-refractivity contribution in [3.05, 3.63) is 35.2 Å². The Morgan fingerprint density at radius 2 is 2.11 bits per heavy atom. The Bertz CT molecular complexity index is 559. The molecule has 1 fully saturated rings. The lowest BCUT2D eigenvalue weighted by molar-refractivity contribution is 0.364. The normalized spacial score (nSPS) is 28.4. The molecule has 102 valence electrons. The maximum Gasteiger partial charge on any atom is 0.0345 e. The Labute approximate surface area is 119 Å². The largest absolute Gasteiger partial charge is 0.325 e. The highest BCUT2D eigenvalue weighted by molar-refractivity contribution is 7.17. The van der Waals surface area contributed by atoms with Crippen LogP contribution in [0.2, 0.25) is 0 Å². The summed E-state index contributed by atoms with van der Waals surface area (Å²) in [4.78, 5) is 0. The van der Waals surface area contributed by atoms with Crippen molar-refractivity contribution in [3.8, 4) is 0 Å². The minimum Gasteiger partial charge on any atom is -0.325 e. The highest BCUT2D eigenvalue weighted by atomic mass is 32.1. The van der Waals surface area contributed by atoms with Crippen molar-refractivity contribution in [1.29, 1.82) is 0 Å². The lowest BCUT2D eigenvalue weighted by atomic mass is 9.84. The van der Waals surface area contributed by atoms with Crippen LogP contribution < -0.4 is 5.73 Å². The third-order valence-corrected chi connectivity index (χ3v) is 5.62. The maximum absolute atomic E-state index is 6.71. The molecular weight excluding hydrogens is 250 g/mol. The van der Waals surface area contributed by atoms with Gasteiger partial charge in [0.2, 0.25) is 0 Å². The first-order valence-electron chi connectivity index (χ1n) is 7.40. The summed E-state index contributed by atoms with van der Waals surface area (Å²) >= 11 is 1.85. The number of thiophene rings is 1. The lowest BCUT2D eigenvalue weighted by Gasteiger charge is -2.28. The fourth-order valence-electron chi connectivity index (χ4n) is 3.33. The highest BCUT2D eigenvalue weighted by Gasteiger charge is 2.29. The predicted octanol–water partition coefficient (Wildman–Crippen LogP) is 4.74. The SMILES string of the molecule is CC1CCCC(N)(Cc2csc3ccccc23)CC1. The minimum atomic E-state index is 0.0224. The molecule has 1 aliphatic carbocycles. The molecule has 0 amide bonds. The van der Waals surface area contributed by atoms with Crippen molar-refractivity contribution >= 4 is 21.4 Å². The Kier molecular flexibility index (Phi) is 3.64. The maximum atomic E-state index is 6.71. The van der Waals surface area contributed by atoms with Crippen LogP contribution in [0.25, 0.3) is 10.1 Å². The number of nitrogens with two attached hydrogens (primary N) is 1. The fraction of sp³-hybridized carbons (Fsp3) is 0.529. The number of hydrogen-bond acceptors (Lipinski definition) is 2. The van der Waals surface area contributed by atoms with Crippen LogP contribution in [-0.2, 0) is 6.42 Å². The number of rotatable bonds is 2. The number of hydrogen-bond donors (Lipinski definition) is 1. The first-order chi connectivity index (χ1) is 9.16. The molecule has 1 heterocycles. The van der Waals surface area contributed by atoms with E-state index in [9.17, 15) is 0 Å². The summed E-state index contributed by atoms with van der Waals surface area (Å²) in [5.41, 5.74) is 8.19. The Morgan fingerprint density at radius 1 is 1.26 bits per heavy atom. The van der Waals surface area contributed by atoms with Gasteiger partial charge < -0.3 is 5.73 Å². The van der Waals surface area contributed by atoms with Gasteiger partial charge in [-0.15, -0.1) is 11.3 Å². The van der Waals surface area contributed by atoms with Crippen molar-refractivity contribution in [2.24, 2.45) is 11.7 Å². The van der Waals surface area contributed by atoms with Gasteiger partial charge >= 0.3 is 0 Å². The summed E-state index contributed by atoms with van der Waals surface area (Å²) in [6, 6.07) is 8.71. The highest BCUT2D eigenvalue weighted by Crippen LogP contribution is 2.34. The zero-order chi connectivity index (χ0) is 13.3. The average molecular weight is 273 g/mol. The Balaban J connectivity index is 1.83. The standard InChI is InChI=1S/C17H23NS/c1-13-5-4-9-17(18,10-8-13)11-14-12-19-16-7-3-2-6-15(14)16/h2-3,6-7,12-13H,4-5,8-11,18H2,1H3. The third-order valence-electron chi connectivity index (χ3n) is 4.61. The smallest absolute Gasteiger partial charge is 0.0345 e. The minimum absolute atomic E-state index is 0.0224. The van der Waals surface area contributed by atoms with E-state index in [0.29, 0.717) is 0 Å². The van der Waals surface area contributed by atoms with E-state index >= 15 is 0 Å². The van der Waals surface area contributed by atoms with Crippen molar-refractivity contribution < 1.29 is 0 Å². The van der Waals surface area contributed by atoms with E-state index in [-0.39, 0.29) is 5.54 Å². The van der Waals surface area contributed by atoms with E-state index in [4.69, 9.17) is 5.73 Å². The molecule has 2 atom stereocenters. The van der Waals surface area contributed by atoms with Crippen molar-refractivity contribution in [2.45, 2.75) is 51.0 Å². The van der Waals surface area contributed by atoms with Crippen LogP contribution in [0.4, 0.5) is 0 Å². The number of benzene rings is 1. The van der Waals surface area contributed by atoms with Gasteiger partial charge in [0.25, 0.3) is 0 Å². The van der Waals surface area contributed by atoms with Crippen LogP contribution in [0, 0.1) is 5.92 Å². The van der Waals surface area contributed by atoms with Crippen LogP contribution in [0.5, 0.6) is 0 Å². The van der Waals surface area contributed by atoms with E-state index in [1.807, 2.05) is 11.3 Å². The molecule has 3 rings (SSSR count). The van der Waals surface area contributed by atoms with Crippen LogP contribution in [0.3, 0.4) is 0 Å². The molecule has 2 unspecified atom stereocenters. The van der Waals surface area contributed by atoms with E-state index in [1.54, 1.807) is 0 Å². The first kappa shape index (κ1) is 13.1. The molecule has 1 saturated carbocycles. The molecule has 2 N–H and O–H groups in total. The quantitative estimate of drug-likeness (QED) is 0.786. The van der Waals surface area contributed by atoms with Crippen LogP contribution in [0.1, 0.15) is 44.6 Å². The second-order valence-electron chi connectivity index (χ2n) is 6.33. The van der Waals surface area contributed by atoms with Gasteiger partial charge in [-0.25, -0.2) is 0 Å². The van der Waals surface area contributed by atoms with Gasteiger partial charge in [0.15, 0.2) is 0 Å². The molecule has 2 aromatic rings. The monoisotopic (exact) mass is 273 g/mol. The molecule has 0 spiro atoms. The van der Waals surface area contributed by atoms with Crippen LogP contribution in [-0.4, -0.2) is 5.54 Å². The Hall–Kier alpha value is -0.860. The van der Waals surface area contributed by atoms with E-state index in [2.05, 4.69) is 36.6 Å². The Morgan fingerprint density at radius 3 is 3.00 bits per heavy atom. The van der Waals surface area contributed by atoms with E-state index < -0.39 is 0 Å². The topological polar surface area (TPSA) is 26.0 Å². The van der Waals surface area contributed by atoms with Crippen molar-refractivity contribution in [2.75, 3.05) is 0 Å². The first-order valence-corrected chi connectivity index (χ1v) is 8.28. The number of fused-ring (bicyclic) bond motifs is 1. The molecule has 1 aliphatic rings. The summed E-state index contributed by atoms with van der Waals surface area (Å²) in [5.74, 6) is 0.852. The van der Waals surface area contributed by atoms with Crippen molar-refractivity contribution in [1.82, 2.24) is 0 Å². The lowest BCUT2D eigenvalue weighted by Crippen LogP contribution is -2.41. The van der Waals surface area contributed by atoms with Crippen LogP contribution >= 0.6 is 11.3 Å². The van der Waals surface area contributed by atoms with E-state index in [0.717, 1.165) is 12.3 Å². The third kappa shape index (κ3) is 2.85. The molecule has 0 aliphatic heterocycles. The second-order valence-corrected chi connectivity index (χ2v) is 7.24. The van der Waals surface area contributed by atoms with Gasteiger partial charge in [-0.3, -0.25) is 0 Å². The van der Waals surface area contributed by atoms with Gasteiger partial charge in [-0.05, 0) is 54.0 Å². The molecule has 0 bridgehead atoms. The fourth-order valence-corrected chi connectivity index (χ4v) is 4.29. The zero-order valence-electron chi connectivity index (χ0n) is 11.7. The summed E-state index contributed by atoms with van der Waals surface area (Å²) in [5, 5.41) is 3.72. The predicted molar refractivity (Wildman–Crippen MR) is 84.7 cm³/mol. The second kappa shape index (κ2) is 5.26. The van der Waals surface area contributed by atoms with Gasteiger partial charge in [0, 0.05) is 10.2 Å². The van der Waals surface area contributed by atoms with E-state index in [1.165, 1.54) is 47.8 Å². The summed E-state index contributed by atoms with van der Waals surface area (Å²) in [6.07, 6.45) is 7.34. The molecule has 1 aromatic carbocycles. The molecule has 1 aromatic heterocycles. The van der Waals surface area contributed by atoms with Gasteiger partial charge in [-0.1, -0.05) is 38.0 Å². The van der Waals surface area contributed by atoms with Gasteiger partial charge in [-0.2, -0.15) is 0 Å². The van der Waals surface area contributed by atoms with Crippen molar-refractivity contribution in [3.63, 3.8) is 0 Å². The molecule has 0 radical (unpaired) electrons. The average Bonchev–Trinajstić information content (AvgIpc) is 2.72. The summed E-state index contributed by atoms with van der Waals surface area (Å²) < 4.78 is 1.39. The molecule has 1 nitrogen and oxygen atoms in total. The summed E-state index contributed by atoms with van der Waals surface area (Å²) in [7, 11) is 0. The molecule has 19 heavy (non-hydrogen) atoms. The molecule has 2 heteroatoms. The molecular formula is C17H23NS. The molecule has 0 saturated heterocycles. The van der Waals surface area contributed by atoms with Gasteiger partial charge in [0.05, 0.1) is 0 Å². The summed E-state index contributed by atoms with van der Waals surface area (Å²) in [6.45, 7) is 2.37. The van der Waals surface area contributed by atoms with Gasteiger partial charge in [0.1, 0.15) is 0 Å².